The first-order chi connectivity index (χ1) is 11.1. The second kappa shape index (κ2) is 11.2. The van der Waals surface area contributed by atoms with Crippen molar-refractivity contribution < 1.29 is 14.4 Å². The molecule has 1 heterocycles. The van der Waals surface area contributed by atoms with Gasteiger partial charge in [0.2, 0.25) is 11.8 Å². The number of rotatable bonds is 10. The Labute approximate surface area is 139 Å². The number of carbonyl (C=O) groups is 3. The molecule has 0 radical (unpaired) electrons. The van der Waals surface area contributed by atoms with E-state index in [1.165, 1.54) is 0 Å². The Balaban J connectivity index is 2.08. The molecule has 6 nitrogen and oxygen atoms in total. The zero-order valence-corrected chi connectivity index (χ0v) is 14.3. The van der Waals surface area contributed by atoms with E-state index in [4.69, 9.17) is 5.73 Å². The fraction of sp³-hybridized carbons (Fsp3) is 0.824. The van der Waals surface area contributed by atoms with Crippen molar-refractivity contribution in [3.8, 4) is 0 Å². The van der Waals surface area contributed by atoms with Crippen molar-refractivity contribution in [3.63, 3.8) is 0 Å². The summed E-state index contributed by atoms with van der Waals surface area (Å²) >= 11 is 0. The molecular formula is C17H31N3O3. The van der Waals surface area contributed by atoms with E-state index in [0.29, 0.717) is 38.1 Å². The third kappa shape index (κ3) is 8.11. The summed E-state index contributed by atoms with van der Waals surface area (Å²) in [6.45, 7) is 3.33. The standard InChI is InChI=1S/C17H31N3O3/c1-2-15(21)7-5-3-4-6-8-17(23)20-11-9-14(10-12-20)19-16(22)13-18/h14H,2-13,18H2,1H3,(H,19,22). The Bertz CT molecular complexity index is 391. The topological polar surface area (TPSA) is 92.5 Å². The third-order valence-electron chi connectivity index (χ3n) is 4.39. The molecule has 1 fully saturated rings. The molecule has 132 valence electrons. The lowest BCUT2D eigenvalue weighted by molar-refractivity contribution is -0.132. The number of unbranched alkanes of at least 4 members (excludes halogenated alkanes) is 3. The van der Waals surface area contributed by atoms with Crippen LogP contribution in [-0.4, -0.2) is 48.2 Å². The van der Waals surface area contributed by atoms with E-state index in [1.54, 1.807) is 0 Å². The molecule has 1 aliphatic heterocycles. The molecule has 3 N–H and O–H groups in total. The van der Waals surface area contributed by atoms with Gasteiger partial charge in [0.15, 0.2) is 0 Å². The molecule has 0 unspecified atom stereocenters. The molecule has 0 saturated carbocycles. The highest BCUT2D eigenvalue weighted by molar-refractivity contribution is 5.78. The minimum atomic E-state index is -0.128. The molecule has 23 heavy (non-hydrogen) atoms. The smallest absolute Gasteiger partial charge is 0.233 e. The maximum Gasteiger partial charge on any atom is 0.233 e. The first-order valence-corrected chi connectivity index (χ1v) is 8.85. The summed E-state index contributed by atoms with van der Waals surface area (Å²) in [4.78, 5) is 36.5. The Morgan fingerprint density at radius 2 is 1.65 bits per heavy atom. The number of nitrogens with two attached hydrogens (primary N) is 1. The van der Waals surface area contributed by atoms with E-state index < -0.39 is 0 Å². The van der Waals surface area contributed by atoms with Crippen molar-refractivity contribution in [2.24, 2.45) is 5.73 Å². The van der Waals surface area contributed by atoms with Gasteiger partial charge >= 0.3 is 0 Å². The number of nitrogens with one attached hydrogen (secondary N) is 1. The predicted octanol–water partition coefficient (Wildman–Crippen LogP) is 1.37. The van der Waals surface area contributed by atoms with E-state index in [2.05, 4.69) is 5.32 Å². The van der Waals surface area contributed by atoms with Crippen molar-refractivity contribution >= 4 is 17.6 Å². The zero-order valence-electron chi connectivity index (χ0n) is 14.3. The van der Waals surface area contributed by atoms with Gasteiger partial charge in [-0.05, 0) is 25.7 Å². The average Bonchev–Trinajstić information content (AvgIpc) is 2.57. The summed E-state index contributed by atoms with van der Waals surface area (Å²) < 4.78 is 0. The Hall–Kier alpha value is -1.43. The fourth-order valence-corrected chi connectivity index (χ4v) is 2.85. The van der Waals surface area contributed by atoms with Crippen molar-refractivity contribution in [1.82, 2.24) is 10.2 Å². The van der Waals surface area contributed by atoms with E-state index in [0.717, 1.165) is 38.5 Å². The lowest BCUT2D eigenvalue weighted by Gasteiger charge is -2.32. The van der Waals surface area contributed by atoms with Crippen molar-refractivity contribution in [1.29, 1.82) is 0 Å². The van der Waals surface area contributed by atoms with Crippen LogP contribution in [0, 0.1) is 0 Å². The first kappa shape index (κ1) is 19.6. The number of Topliss-reactive ketones (excluding diaryl/α,β-unsaturated/α-hetero) is 1. The number of hydrogen-bond acceptors (Lipinski definition) is 4. The van der Waals surface area contributed by atoms with Crippen LogP contribution in [-0.2, 0) is 14.4 Å². The van der Waals surface area contributed by atoms with Gasteiger partial charge in [0.25, 0.3) is 0 Å². The van der Waals surface area contributed by atoms with Crippen molar-refractivity contribution in [2.45, 2.75) is 70.8 Å². The van der Waals surface area contributed by atoms with E-state index >= 15 is 0 Å². The molecule has 1 aliphatic rings. The average molecular weight is 325 g/mol. The normalized spacial score (nSPS) is 15.5. The molecule has 0 aliphatic carbocycles. The van der Waals surface area contributed by atoms with Crippen LogP contribution >= 0.6 is 0 Å². The molecule has 0 atom stereocenters. The quantitative estimate of drug-likeness (QED) is 0.593. The summed E-state index contributed by atoms with van der Waals surface area (Å²) in [6, 6.07) is 0.145. The number of amides is 2. The molecule has 0 aromatic carbocycles. The maximum absolute atomic E-state index is 12.1. The zero-order chi connectivity index (χ0) is 17.1. The Morgan fingerprint density at radius 3 is 2.22 bits per heavy atom. The highest BCUT2D eigenvalue weighted by Crippen LogP contribution is 2.13. The number of ketones is 1. The fourth-order valence-electron chi connectivity index (χ4n) is 2.85. The van der Waals surface area contributed by atoms with E-state index in [1.807, 2.05) is 11.8 Å². The lowest BCUT2D eigenvalue weighted by atomic mass is 10.0. The van der Waals surface area contributed by atoms with Crippen LogP contribution in [0.1, 0.15) is 64.7 Å². The second-order valence-corrected chi connectivity index (χ2v) is 6.23. The van der Waals surface area contributed by atoms with Gasteiger partial charge in [-0.25, -0.2) is 0 Å². The largest absolute Gasteiger partial charge is 0.352 e. The van der Waals surface area contributed by atoms with Crippen LogP contribution < -0.4 is 11.1 Å². The Kier molecular flexibility index (Phi) is 9.52. The first-order valence-electron chi connectivity index (χ1n) is 8.85. The monoisotopic (exact) mass is 325 g/mol. The molecular weight excluding hydrogens is 294 g/mol. The van der Waals surface area contributed by atoms with Gasteiger partial charge in [-0.3, -0.25) is 14.4 Å². The summed E-state index contributed by atoms with van der Waals surface area (Å²) in [5.41, 5.74) is 5.28. The van der Waals surface area contributed by atoms with Crippen LogP contribution in [0.5, 0.6) is 0 Å². The van der Waals surface area contributed by atoms with Crippen LogP contribution in [0.25, 0.3) is 0 Å². The lowest BCUT2D eigenvalue weighted by Crippen LogP contribution is -2.47. The third-order valence-corrected chi connectivity index (χ3v) is 4.39. The van der Waals surface area contributed by atoms with E-state index in [-0.39, 0.29) is 24.4 Å². The molecule has 1 rings (SSSR count). The predicted molar refractivity (Wildman–Crippen MR) is 89.8 cm³/mol. The molecule has 2 amide bonds. The molecule has 1 saturated heterocycles. The van der Waals surface area contributed by atoms with Gasteiger partial charge in [-0.15, -0.1) is 0 Å². The summed E-state index contributed by atoms with van der Waals surface area (Å²) in [7, 11) is 0. The maximum atomic E-state index is 12.1. The van der Waals surface area contributed by atoms with Gasteiger partial charge in [0.1, 0.15) is 5.78 Å². The van der Waals surface area contributed by atoms with Crippen LogP contribution in [0.4, 0.5) is 0 Å². The van der Waals surface area contributed by atoms with Crippen LogP contribution in [0.15, 0.2) is 0 Å². The molecule has 0 aromatic rings. The SMILES string of the molecule is CCC(=O)CCCCCCC(=O)N1CCC(NC(=O)CN)CC1. The van der Waals surface area contributed by atoms with Gasteiger partial charge in [-0.1, -0.05) is 19.8 Å². The van der Waals surface area contributed by atoms with Crippen LogP contribution in [0.3, 0.4) is 0 Å². The second-order valence-electron chi connectivity index (χ2n) is 6.23. The summed E-state index contributed by atoms with van der Waals surface area (Å²) in [6.07, 6.45) is 7.34. The number of nitrogens with zero attached hydrogens (tertiary/aromatic N) is 1. The van der Waals surface area contributed by atoms with Crippen LogP contribution in [0.2, 0.25) is 0 Å². The number of carbonyl (C=O) groups excluding carboxylic acids is 3. The van der Waals surface area contributed by atoms with Gasteiger partial charge < -0.3 is 16.0 Å². The minimum Gasteiger partial charge on any atom is -0.352 e. The summed E-state index contributed by atoms with van der Waals surface area (Å²) in [5, 5.41) is 2.88. The molecule has 6 heteroatoms. The van der Waals surface area contributed by atoms with Crippen molar-refractivity contribution in [2.75, 3.05) is 19.6 Å². The number of piperidine rings is 1. The molecule has 0 spiro atoms. The highest BCUT2D eigenvalue weighted by Gasteiger charge is 2.23. The van der Waals surface area contributed by atoms with E-state index in [9.17, 15) is 14.4 Å². The molecule has 0 bridgehead atoms. The highest BCUT2D eigenvalue weighted by atomic mass is 16.2. The molecule has 0 aromatic heterocycles. The van der Waals surface area contributed by atoms with Gasteiger partial charge in [0, 0.05) is 38.4 Å². The van der Waals surface area contributed by atoms with Crippen molar-refractivity contribution in [3.05, 3.63) is 0 Å². The summed E-state index contributed by atoms with van der Waals surface area (Å²) in [5.74, 6) is 0.403. The minimum absolute atomic E-state index is 0.0169. The number of hydrogen-bond donors (Lipinski definition) is 2. The van der Waals surface area contributed by atoms with Gasteiger partial charge in [0.05, 0.1) is 6.54 Å². The van der Waals surface area contributed by atoms with Gasteiger partial charge in [-0.2, -0.15) is 0 Å². The Morgan fingerprint density at radius 1 is 1.04 bits per heavy atom. The number of likely N-dealkylation sites (tertiary alicyclic amines) is 1.